The molecule has 0 bridgehead atoms. The van der Waals surface area contributed by atoms with Crippen LogP contribution in [0.4, 0.5) is 5.82 Å². The van der Waals surface area contributed by atoms with Crippen molar-refractivity contribution in [3.63, 3.8) is 0 Å². The van der Waals surface area contributed by atoms with Crippen LogP contribution in [-0.2, 0) is 9.59 Å². The Hall–Kier alpha value is -2.63. The normalized spacial score (nSPS) is 16.6. The topological polar surface area (TPSA) is 76.0 Å². The van der Waals surface area contributed by atoms with Crippen molar-refractivity contribution in [3.8, 4) is 0 Å². The molecule has 6 nitrogen and oxygen atoms in total. The summed E-state index contributed by atoms with van der Waals surface area (Å²) in [7, 11) is 0. The zero-order valence-electron chi connectivity index (χ0n) is 14.6. The summed E-state index contributed by atoms with van der Waals surface area (Å²) in [4.78, 5) is 24.2. The Balaban J connectivity index is 1.57. The maximum atomic E-state index is 12.3. The molecule has 2 amide bonds. The van der Waals surface area contributed by atoms with Gasteiger partial charge in [-0.3, -0.25) is 14.3 Å². The van der Waals surface area contributed by atoms with E-state index in [4.69, 9.17) is 0 Å². The van der Waals surface area contributed by atoms with Crippen LogP contribution in [0.15, 0.2) is 42.6 Å². The van der Waals surface area contributed by atoms with Gasteiger partial charge in [-0.05, 0) is 32.3 Å². The van der Waals surface area contributed by atoms with Crippen LogP contribution >= 0.6 is 0 Å². The molecular weight excluding hydrogens is 316 g/mol. The molecule has 1 heterocycles. The molecule has 1 aliphatic carbocycles. The first kappa shape index (κ1) is 17.2. The third-order valence-corrected chi connectivity index (χ3v) is 4.77. The minimum atomic E-state index is -0.579. The minimum Gasteiger partial charge on any atom is -0.344 e. The highest BCUT2D eigenvalue weighted by atomic mass is 16.2. The van der Waals surface area contributed by atoms with E-state index >= 15 is 0 Å². The molecule has 1 aromatic heterocycles. The lowest BCUT2D eigenvalue weighted by atomic mass is 9.84. The molecule has 3 rings (SSSR count). The summed E-state index contributed by atoms with van der Waals surface area (Å²) in [6.07, 6.45) is 4.77. The highest BCUT2D eigenvalue weighted by Crippen LogP contribution is 2.26. The van der Waals surface area contributed by atoms with E-state index in [1.165, 1.54) is 0 Å². The Morgan fingerprint density at radius 1 is 1.16 bits per heavy atom. The predicted octanol–water partition coefficient (Wildman–Crippen LogP) is 2.74. The predicted molar refractivity (Wildman–Crippen MR) is 96.1 cm³/mol. The molecule has 25 heavy (non-hydrogen) atoms. The van der Waals surface area contributed by atoms with Gasteiger partial charge in [0.2, 0.25) is 11.8 Å². The lowest BCUT2D eigenvalue weighted by Gasteiger charge is -2.25. The van der Waals surface area contributed by atoms with Gasteiger partial charge in [-0.25, -0.2) is 0 Å². The first-order valence-corrected chi connectivity index (χ1v) is 8.76. The Bertz CT molecular complexity index is 737. The zero-order chi connectivity index (χ0) is 17.8. The fourth-order valence-corrected chi connectivity index (χ4v) is 2.81. The van der Waals surface area contributed by atoms with Crippen molar-refractivity contribution in [1.82, 2.24) is 15.1 Å². The lowest BCUT2D eigenvalue weighted by molar-refractivity contribution is -0.130. The van der Waals surface area contributed by atoms with Crippen molar-refractivity contribution in [3.05, 3.63) is 48.2 Å². The summed E-state index contributed by atoms with van der Waals surface area (Å²) in [6.45, 7) is 3.74. The number of carbonyl (C=O) groups is 2. The summed E-state index contributed by atoms with van der Waals surface area (Å²) in [6, 6.07) is 11.3. The molecule has 1 fully saturated rings. The Morgan fingerprint density at radius 2 is 1.88 bits per heavy atom. The van der Waals surface area contributed by atoms with Crippen LogP contribution in [0.25, 0.3) is 0 Å². The van der Waals surface area contributed by atoms with Gasteiger partial charge < -0.3 is 10.6 Å². The van der Waals surface area contributed by atoms with Gasteiger partial charge in [-0.1, -0.05) is 36.8 Å². The number of hydrogen-bond acceptors (Lipinski definition) is 3. The number of amides is 2. The average Bonchev–Trinajstić information content (AvgIpc) is 3.01. The molecule has 132 valence electrons. The van der Waals surface area contributed by atoms with Gasteiger partial charge >= 0.3 is 0 Å². The number of aromatic nitrogens is 2. The van der Waals surface area contributed by atoms with Crippen LogP contribution in [0.1, 0.15) is 44.7 Å². The highest BCUT2D eigenvalue weighted by molar-refractivity contribution is 5.96. The monoisotopic (exact) mass is 340 g/mol. The molecule has 1 saturated carbocycles. The van der Waals surface area contributed by atoms with Gasteiger partial charge in [0.05, 0.1) is 6.04 Å². The third kappa shape index (κ3) is 4.07. The maximum absolute atomic E-state index is 12.3. The van der Waals surface area contributed by atoms with E-state index in [1.807, 2.05) is 41.2 Å². The molecule has 6 heteroatoms. The quantitative estimate of drug-likeness (QED) is 0.849. The Labute approximate surface area is 147 Å². The van der Waals surface area contributed by atoms with Crippen LogP contribution < -0.4 is 10.6 Å². The lowest BCUT2D eigenvalue weighted by Crippen LogP contribution is -2.45. The van der Waals surface area contributed by atoms with E-state index in [0.29, 0.717) is 5.82 Å². The van der Waals surface area contributed by atoms with E-state index in [2.05, 4.69) is 22.7 Å². The number of anilines is 1. The molecule has 0 saturated heterocycles. The fourth-order valence-electron chi connectivity index (χ4n) is 2.81. The van der Waals surface area contributed by atoms with Gasteiger partial charge in [-0.15, -0.1) is 0 Å². The van der Waals surface area contributed by atoms with Crippen molar-refractivity contribution >= 4 is 17.6 Å². The largest absolute Gasteiger partial charge is 0.344 e. The SMILES string of the molecule is C[C@H](NC(=O)C1CCC1)C(=O)Nc1ccn([C@H](C)c2ccccc2)n1. The van der Waals surface area contributed by atoms with Crippen LogP contribution in [0, 0.1) is 5.92 Å². The van der Waals surface area contributed by atoms with Crippen LogP contribution in [0.5, 0.6) is 0 Å². The number of hydrogen-bond donors (Lipinski definition) is 2. The van der Waals surface area contributed by atoms with Gasteiger partial charge in [0.25, 0.3) is 0 Å². The molecule has 2 aromatic rings. The summed E-state index contributed by atoms with van der Waals surface area (Å²) in [5.74, 6) is 0.265. The summed E-state index contributed by atoms with van der Waals surface area (Å²) in [5.41, 5.74) is 1.14. The number of carbonyl (C=O) groups excluding carboxylic acids is 2. The van der Waals surface area contributed by atoms with Crippen LogP contribution in [0.2, 0.25) is 0 Å². The number of nitrogens with one attached hydrogen (secondary N) is 2. The average molecular weight is 340 g/mol. The Kier molecular flexibility index (Phi) is 5.16. The first-order valence-electron chi connectivity index (χ1n) is 8.76. The zero-order valence-corrected chi connectivity index (χ0v) is 14.6. The minimum absolute atomic E-state index is 0.0304. The molecule has 2 N–H and O–H groups in total. The summed E-state index contributed by atoms with van der Waals surface area (Å²) >= 11 is 0. The summed E-state index contributed by atoms with van der Waals surface area (Å²) in [5, 5.41) is 9.96. The second-order valence-corrected chi connectivity index (χ2v) is 6.62. The standard InChI is InChI=1S/C19H24N4O2/c1-13(20-19(25)16-9-6-10-16)18(24)21-17-11-12-23(22-17)14(2)15-7-4-3-5-8-15/h3-5,7-8,11-14,16H,6,9-10H2,1-2H3,(H,20,25)(H,21,22,24)/t13-,14+/m0/s1. The molecule has 0 spiro atoms. The second kappa shape index (κ2) is 7.51. The van der Waals surface area contributed by atoms with Crippen LogP contribution in [0.3, 0.4) is 0 Å². The highest BCUT2D eigenvalue weighted by Gasteiger charge is 2.27. The van der Waals surface area contributed by atoms with E-state index in [0.717, 1.165) is 24.8 Å². The van der Waals surface area contributed by atoms with Gasteiger partial charge in [0.15, 0.2) is 5.82 Å². The molecule has 0 aliphatic heterocycles. The number of nitrogens with zero attached hydrogens (tertiary/aromatic N) is 2. The number of benzene rings is 1. The van der Waals surface area contributed by atoms with E-state index in [9.17, 15) is 9.59 Å². The third-order valence-electron chi connectivity index (χ3n) is 4.77. The molecule has 0 unspecified atom stereocenters. The molecular formula is C19H24N4O2. The first-order chi connectivity index (χ1) is 12.0. The van der Waals surface area contributed by atoms with Crippen molar-refractivity contribution < 1.29 is 9.59 Å². The van der Waals surface area contributed by atoms with E-state index in [-0.39, 0.29) is 23.8 Å². The smallest absolute Gasteiger partial charge is 0.247 e. The molecule has 1 aliphatic rings. The van der Waals surface area contributed by atoms with E-state index < -0.39 is 6.04 Å². The molecule has 0 radical (unpaired) electrons. The Morgan fingerprint density at radius 3 is 2.52 bits per heavy atom. The maximum Gasteiger partial charge on any atom is 0.247 e. The number of rotatable bonds is 6. The van der Waals surface area contributed by atoms with Crippen molar-refractivity contribution in [2.45, 2.75) is 45.2 Å². The van der Waals surface area contributed by atoms with Crippen molar-refractivity contribution in [2.75, 3.05) is 5.32 Å². The van der Waals surface area contributed by atoms with Gasteiger partial charge in [-0.2, -0.15) is 5.10 Å². The van der Waals surface area contributed by atoms with Gasteiger partial charge in [0, 0.05) is 18.2 Å². The molecule has 2 atom stereocenters. The van der Waals surface area contributed by atoms with Gasteiger partial charge in [0.1, 0.15) is 6.04 Å². The van der Waals surface area contributed by atoms with Crippen LogP contribution in [-0.4, -0.2) is 27.6 Å². The van der Waals surface area contributed by atoms with E-state index in [1.54, 1.807) is 13.0 Å². The fraction of sp³-hybridized carbons (Fsp3) is 0.421. The summed E-state index contributed by atoms with van der Waals surface area (Å²) < 4.78 is 1.81. The van der Waals surface area contributed by atoms with Crippen molar-refractivity contribution in [1.29, 1.82) is 0 Å². The second-order valence-electron chi connectivity index (χ2n) is 6.62. The van der Waals surface area contributed by atoms with Crippen molar-refractivity contribution in [2.24, 2.45) is 5.92 Å². The molecule has 1 aromatic carbocycles.